The molecule has 2 heterocycles. The van der Waals surface area contributed by atoms with Gasteiger partial charge in [-0.3, -0.25) is 4.31 Å². The summed E-state index contributed by atoms with van der Waals surface area (Å²) in [6, 6.07) is 18.1. The Balaban J connectivity index is 1.62. The first-order valence-corrected chi connectivity index (χ1v) is 11.9. The Kier molecular flexibility index (Phi) is 5.66. The molecule has 1 aliphatic heterocycles. The van der Waals surface area contributed by atoms with E-state index in [0.717, 1.165) is 30.8 Å². The van der Waals surface area contributed by atoms with Gasteiger partial charge in [0.1, 0.15) is 11.4 Å². The second-order valence-corrected chi connectivity index (χ2v) is 9.68. The van der Waals surface area contributed by atoms with Crippen LogP contribution in [0.15, 0.2) is 59.5 Å². The average Bonchev–Trinajstić information content (AvgIpc) is 3.29. The van der Waals surface area contributed by atoms with Crippen LogP contribution in [0, 0.1) is 13.8 Å². The third kappa shape index (κ3) is 3.75. The van der Waals surface area contributed by atoms with Crippen LogP contribution in [0.5, 0.6) is 0 Å². The smallest absolute Gasteiger partial charge is 0.268 e. The standard InChI is InChI=1S/C23H28N4O2S/c1-4-25(16-20-10-6-5-7-11-20)17-26-19(3)23(18(2)24-26)30(28,29)27-15-14-21-12-8-9-13-22(21)27/h5-13H,4,14-17H2,1-3H3/p+1. The third-order valence-electron chi connectivity index (χ3n) is 5.88. The molecular formula is C23H29N4O2S+. The Morgan fingerprint density at radius 1 is 1.03 bits per heavy atom. The van der Waals surface area contributed by atoms with Crippen molar-refractivity contribution in [1.82, 2.24) is 9.78 Å². The summed E-state index contributed by atoms with van der Waals surface area (Å²) in [6.07, 6.45) is 0.743. The first-order valence-electron chi connectivity index (χ1n) is 10.4. The van der Waals surface area contributed by atoms with Gasteiger partial charge in [-0.1, -0.05) is 48.5 Å². The lowest BCUT2D eigenvalue weighted by Gasteiger charge is -2.20. The van der Waals surface area contributed by atoms with Crippen LogP contribution in [-0.4, -0.2) is 31.3 Å². The molecule has 4 rings (SSSR count). The molecule has 1 aromatic heterocycles. The Morgan fingerprint density at radius 2 is 1.73 bits per heavy atom. The van der Waals surface area contributed by atoms with Gasteiger partial charge >= 0.3 is 0 Å². The van der Waals surface area contributed by atoms with E-state index < -0.39 is 10.0 Å². The quantitative estimate of drug-likeness (QED) is 0.632. The first-order chi connectivity index (χ1) is 14.4. The lowest BCUT2D eigenvalue weighted by molar-refractivity contribution is -0.935. The van der Waals surface area contributed by atoms with E-state index in [0.29, 0.717) is 29.5 Å². The second kappa shape index (κ2) is 8.24. The number of hydrogen-bond donors (Lipinski definition) is 1. The zero-order valence-electron chi connectivity index (χ0n) is 17.8. The van der Waals surface area contributed by atoms with E-state index in [1.165, 1.54) is 14.8 Å². The molecule has 0 fully saturated rings. The summed E-state index contributed by atoms with van der Waals surface area (Å²) in [4.78, 5) is 1.66. The number of fused-ring (bicyclic) bond motifs is 1. The highest BCUT2D eigenvalue weighted by molar-refractivity contribution is 7.93. The number of sulfonamides is 1. The van der Waals surface area contributed by atoms with Crippen LogP contribution in [0.3, 0.4) is 0 Å². The van der Waals surface area contributed by atoms with Crippen LogP contribution < -0.4 is 9.21 Å². The number of quaternary nitrogens is 1. The molecule has 0 spiro atoms. The van der Waals surface area contributed by atoms with E-state index >= 15 is 0 Å². The minimum atomic E-state index is -3.65. The maximum atomic E-state index is 13.6. The van der Waals surface area contributed by atoms with Crippen molar-refractivity contribution in [2.45, 2.75) is 45.3 Å². The molecule has 0 saturated carbocycles. The van der Waals surface area contributed by atoms with Gasteiger partial charge in [-0.05, 0) is 38.8 Å². The molecule has 2 aromatic carbocycles. The van der Waals surface area contributed by atoms with E-state index in [2.05, 4.69) is 24.2 Å². The van der Waals surface area contributed by atoms with Crippen molar-refractivity contribution in [3.8, 4) is 0 Å². The summed E-state index contributed by atoms with van der Waals surface area (Å²) >= 11 is 0. The van der Waals surface area contributed by atoms with Gasteiger partial charge in [-0.2, -0.15) is 5.10 Å². The number of para-hydroxylation sites is 1. The Morgan fingerprint density at radius 3 is 2.47 bits per heavy atom. The minimum Gasteiger partial charge on any atom is -0.313 e. The van der Waals surface area contributed by atoms with Crippen LogP contribution in [-0.2, 0) is 29.7 Å². The number of nitrogens with zero attached hydrogens (tertiary/aromatic N) is 3. The monoisotopic (exact) mass is 425 g/mol. The molecule has 1 N–H and O–H groups in total. The van der Waals surface area contributed by atoms with Gasteiger partial charge in [0.2, 0.25) is 0 Å². The van der Waals surface area contributed by atoms with Crippen LogP contribution in [0.2, 0.25) is 0 Å². The molecule has 0 aliphatic carbocycles. The van der Waals surface area contributed by atoms with Gasteiger partial charge in [0, 0.05) is 12.1 Å². The van der Waals surface area contributed by atoms with Crippen LogP contribution in [0.4, 0.5) is 5.69 Å². The number of rotatable bonds is 7. The normalized spacial score (nSPS) is 14.7. The van der Waals surface area contributed by atoms with Crippen LogP contribution in [0.25, 0.3) is 0 Å². The fourth-order valence-electron chi connectivity index (χ4n) is 4.26. The van der Waals surface area contributed by atoms with E-state index in [1.54, 1.807) is 6.92 Å². The third-order valence-corrected chi connectivity index (χ3v) is 7.94. The zero-order chi connectivity index (χ0) is 21.3. The molecule has 3 aromatic rings. The molecule has 0 saturated heterocycles. The van der Waals surface area contributed by atoms with E-state index in [9.17, 15) is 8.42 Å². The number of hydrogen-bond acceptors (Lipinski definition) is 3. The molecule has 7 heteroatoms. The van der Waals surface area contributed by atoms with E-state index in [-0.39, 0.29) is 0 Å². The molecule has 1 aliphatic rings. The SMILES string of the molecule is CC[NH+](Cc1ccccc1)Cn1nc(C)c(S(=O)(=O)N2CCc3ccccc32)c1C. The summed E-state index contributed by atoms with van der Waals surface area (Å²) in [5.41, 5.74) is 4.39. The highest BCUT2D eigenvalue weighted by Crippen LogP contribution is 2.34. The first kappa shape index (κ1) is 20.6. The summed E-state index contributed by atoms with van der Waals surface area (Å²) in [6.45, 7) is 8.71. The molecule has 0 amide bonds. The molecule has 30 heavy (non-hydrogen) atoms. The predicted octanol–water partition coefficient (Wildman–Crippen LogP) is 2.31. The van der Waals surface area contributed by atoms with Gasteiger partial charge in [0.25, 0.3) is 10.0 Å². The topological polar surface area (TPSA) is 59.6 Å². The van der Waals surface area contributed by atoms with Gasteiger partial charge in [-0.15, -0.1) is 0 Å². The zero-order valence-corrected chi connectivity index (χ0v) is 18.6. The van der Waals surface area contributed by atoms with E-state index in [1.807, 2.05) is 54.1 Å². The largest absolute Gasteiger partial charge is 0.313 e. The van der Waals surface area contributed by atoms with Crippen molar-refractivity contribution in [2.24, 2.45) is 0 Å². The van der Waals surface area contributed by atoms with Crippen molar-refractivity contribution in [3.63, 3.8) is 0 Å². The maximum absolute atomic E-state index is 13.6. The number of benzene rings is 2. The van der Waals surface area contributed by atoms with Crippen molar-refractivity contribution in [2.75, 3.05) is 17.4 Å². The van der Waals surface area contributed by atoms with Gasteiger partial charge in [0.15, 0.2) is 6.67 Å². The van der Waals surface area contributed by atoms with Crippen LogP contribution >= 0.6 is 0 Å². The number of anilines is 1. The van der Waals surface area contributed by atoms with Crippen molar-refractivity contribution in [1.29, 1.82) is 0 Å². The summed E-state index contributed by atoms with van der Waals surface area (Å²) < 4.78 is 30.5. The van der Waals surface area contributed by atoms with Crippen molar-refractivity contribution < 1.29 is 13.3 Å². The highest BCUT2D eigenvalue weighted by Gasteiger charge is 2.35. The summed E-state index contributed by atoms with van der Waals surface area (Å²) in [5.74, 6) is 0. The van der Waals surface area contributed by atoms with Gasteiger partial charge in [0.05, 0.1) is 23.6 Å². The molecule has 0 bridgehead atoms. The number of nitrogens with one attached hydrogen (secondary N) is 1. The van der Waals surface area contributed by atoms with E-state index in [4.69, 9.17) is 0 Å². The molecular weight excluding hydrogens is 396 g/mol. The average molecular weight is 426 g/mol. The Bertz CT molecular complexity index is 1140. The van der Waals surface area contributed by atoms with Crippen LogP contribution in [0.1, 0.15) is 29.4 Å². The Labute approximate surface area is 178 Å². The fourth-order valence-corrected chi connectivity index (χ4v) is 6.15. The second-order valence-electron chi connectivity index (χ2n) is 7.88. The molecule has 158 valence electrons. The molecule has 1 unspecified atom stereocenters. The molecule has 1 atom stereocenters. The predicted molar refractivity (Wildman–Crippen MR) is 118 cm³/mol. The maximum Gasteiger partial charge on any atom is 0.268 e. The van der Waals surface area contributed by atoms with Gasteiger partial charge < -0.3 is 4.90 Å². The lowest BCUT2D eigenvalue weighted by atomic mass is 10.2. The number of aryl methyl sites for hydroxylation is 1. The minimum absolute atomic E-state index is 0.342. The van der Waals surface area contributed by atoms with Crippen molar-refractivity contribution >= 4 is 15.7 Å². The molecule has 6 nitrogen and oxygen atoms in total. The Hall–Kier alpha value is -2.64. The highest BCUT2D eigenvalue weighted by atomic mass is 32.2. The summed E-state index contributed by atoms with van der Waals surface area (Å²) in [7, 11) is -3.65. The van der Waals surface area contributed by atoms with Gasteiger partial charge in [-0.25, -0.2) is 13.1 Å². The summed E-state index contributed by atoms with van der Waals surface area (Å²) in [5, 5.41) is 4.62. The lowest BCUT2D eigenvalue weighted by Crippen LogP contribution is -3.09. The fraction of sp³-hybridized carbons (Fsp3) is 0.348. The van der Waals surface area contributed by atoms with Crippen molar-refractivity contribution in [3.05, 3.63) is 77.1 Å². The molecule has 0 radical (unpaired) electrons. The number of aromatic nitrogens is 2.